The molecule has 4 aromatic rings. The molecule has 0 saturated carbocycles. The second-order valence-corrected chi connectivity index (χ2v) is 9.71. The molecule has 28 heavy (non-hydrogen) atoms. The van der Waals surface area contributed by atoms with E-state index < -0.39 is 3.41 Å². The fourth-order valence-electron chi connectivity index (χ4n) is 3.55. The largest absolute Gasteiger partial charge is 0.147 e. The molecule has 0 saturated heterocycles. The molecule has 0 spiro atoms. The normalized spacial score (nSPS) is 11.4. The third kappa shape index (κ3) is 3.88. The van der Waals surface area contributed by atoms with Crippen LogP contribution in [0.2, 0.25) is 0 Å². The Hall–Kier alpha value is -2.07. The maximum absolute atomic E-state index is 4.67. The molecule has 0 amide bonds. The van der Waals surface area contributed by atoms with E-state index in [0.29, 0.717) is 0 Å². The van der Waals surface area contributed by atoms with Crippen molar-refractivity contribution in [3.05, 3.63) is 109 Å². The van der Waals surface area contributed by atoms with Crippen molar-refractivity contribution >= 4 is 37.9 Å². The van der Waals surface area contributed by atoms with Crippen LogP contribution in [0.1, 0.15) is 5.56 Å². The molecule has 0 aliphatic rings. The zero-order valence-electron chi connectivity index (χ0n) is 15.2. The van der Waals surface area contributed by atoms with Gasteiger partial charge in [-0.15, -0.1) is 37.9 Å². The first-order valence-corrected chi connectivity index (χ1v) is 10.4. The van der Waals surface area contributed by atoms with Crippen molar-refractivity contribution in [1.29, 1.82) is 0 Å². The summed E-state index contributed by atoms with van der Waals surface area (Å²) in [5.41, 5.74) is 7.86. The maximum atomic E-state index is 4.67. The van der Waals surface area contributed by atoms with Crippen molar-refractivity contribution in [3.8, 4) is 33.4 Å². The van der Waals surface area contributed by atoms with Crippen LogP contribution >= 0.6 is 37.9 Å². The van der Waals surface area contributed by atoms with E-state index >= 15 is 0 Å². The summed E-state index contributed by atoms with van der Waals surface area (Å²) >= 11 is 14.0. The Morgan fingerprint density at radius 2 is 0.857 bits per heavy atom. The molecule has 0 N–H and O–H groups in total. The maximum Gasteiger partial charge on any atom is 0.124 e. The SMILES string of the molecule is SC(S)(S)c1ccc(-c2ccccc2)c(-c2ccccc2)c1-c1ccccc1. The molecule has 0 aromatic heterocycles. The van der Waals surface area contributed by atoms with Crippen LogP contribution in [0.15, 0.2) is 103 Å². The van der Waals surface area contributed by atoms with Gasteiger partial charge in [0.2, 0.25) is 0 Å². The molecule has 0 nitrogen and oxygen atoms in total. The van der Waals surface area contributed by atoms with E-state index in [4.69, 9.17) is 0 Å². The zero-order valence-corrected chi connectivity index (χ0v) is 17.8. The molecule has 0 aliphatic carbocycles. The lowest BCUT2D eigenvalue weighted by Gasteiger charge is -2.25. The van der Waals surface area contributed by atoms with Crippen molar-refractivity contribution in [3.63, 3.8) is 0 Å². The predicted molar refractivity (Wildman–Crippen MR) is 131 cm³/mol. The van der Waals surface area contributed by atoms with Crippen LogP contribution in [0.25, 0.3) is 33.4 Å². The van der Waals surface area contributed by atoms with Gasteiger partial charge in [0.1, 0.15) is 3.41 Å². The zero-order chi connectivity index (χ0) is 19.6. The van der Waals surface area contributed by atoms with E-state index in [9.17, 15) is 0 Å². The first kappa shape index (κ1) is 19.3. The molecule has 0 fully saturated rings. The van der Waals surface area contributed by atoms with Crippen molar-refractivity contribution in [1.82, 2.24) is 0 Å². The van der Waals surface area contributed by atoms with Crippen LogP contribution < -0.4 is 0 Å². The molecule has 0 atom stereocenters. The van der Waals surface area contributed by atoms with E-state index in [1.54, 1.807) is 0 Å². The van der Waals surface area contributed by atoms with E-state index in [0.717, 1.165) is 27.8 Å². The summed E-state index contributed by atoms with van der Waals surface area (Å²) in [6.45, 7) is 0. The Bertz CT molecular complexity index is 1070. The van der Waals surface area contributed by atoms with Crippen LogP contribution in [-0.2, 0) is 3.41 Å². The standard InChI is InChI=1S/C25H20S3/c26-25(27,28)22-17-16-21(18-10-4-1-5-11-18)23(19-12-6-2-7-13-19)24(22)20-14-8-3-9-15-20/h1-17,26-28H. The molecule has 0 heterocycles. The van der Waals surface area contributed by atoms with Gasteiger partial charge in [0, 0.05) is 0 Å². The van der Waals surface area contributed by atoms with Crippen molar-refractivity contribution in [2.24, 2.45) is 0 Å². The lowest BCUT2D eigenvalue weighted by Crippen LogP contribution is -2.06. The number of thiol groups is 3. The number of rotatable bonds is 4. The summed E-state index contributed by atoms with van der Waals surface area (Å²) in [4.78, 5) is 0. The van der Waals surface area contributed by atoms with Crippen LogP contribution in [0, 0.1) is 0 Å². The molecule has 4 rings (SSSR count). The fourth-order valence-corrected chi connectivity index (χ4v) is 4.11. The first-order chi connectivity index (χ1) is 13.6. The predicted octanol–water partition coefficient (Wildman–Crippen LogP) is 7.59. The summed E-state index contributed by atoms with van der Waals surface area (Å²) in [5.74, 6) is 0. The number of hydrogen-bond donors (Lipinski definition) is 3. The van der Waals surface area contributed by atoms with E-state index in [1.807, 2.05) is 18.2 Å². The van der Waals surface area contributed by atoms with Gasteiger partial charge in [0.05, 0.1) is 0 Å². The molecule has 0 aliphatic heterocycles. The molecule has 138 valence electrons. The highest BCUT2D eigenvalue weighted by atomic mass is 32.2. The van der Waals surface area contributed by atoms with Crippen molar-refractivity contribution in [2.75, 3.05) is 0 Å². The van der Waals surface area contributed by atoms with E-state index in [2.05, 4.69) is 123 Å². The van der Waals surface area contributed by atoms with Gasteiger partial charge in [0.25, 0.3) is 0 Å². The average molecular weight is 417 g/mol. The molecule has 3 heteroatoms. The van der Waals surface area contributed by atoms with Gasteiger partial charge in [-0.3, -0.25) is 0 Å². The van der Waals surface area contributed by atoms with Gasteiger partial charge in [-0.1, -0.05) is 103 Å². The summed E-state index contributed by atoms with van der Waals surface area (Å²) < 4.78 is -0.871. The summed E-state index contributed by atoms with van der Waals surface area (Å²) in [7, 11) is 0. The lowest BCUT2D eigenvalue weighted by atomic mass is 9.85. The van der Waals surface area contributed by atoms with Gasteiger partial charge in [-0.2, -0.15) is 0 Å². The van der Waals surface area contributed by atoms with Gasteiger partial charge in [-0.05, 0) is 38.9 Å². The van der Waals surface area contributed by atoms with Crippen molar-refractivity contribution in [2.45, 2.75) is 3.41 Å². The Morgan fingerprint density at radius 1 is 0.429 bits per heavy atom. The van der Waals surface area contributed by atoms with Gasteiger partial charge in [-0.25, -0.2) is 0 Å². The highest BCUT2D eigenvalue weighted by Crippen LogP contribution is 2.49. The molecular formula is C25H20S3. The minimum atomic E-state index is -0.871. The van der Waals surface area contributed by atoms with Crippen molar-refractivity contribution < 1.29 is 0 Å². The second-order valence-electron chi connectivity index (χ2n) is 6.64. The second kappa shape index (κ2) is 8.12. The molecule has 4 aromatic carbocycles. The van der Waals surface area contributed by atoms with Crippen LogP contribution in [0.3, 0.4) is 0 Å². The minimum absolute atomic E-state index is 0.871. The molecular weight excluding hydrogens is 396 g/mol. The van der Waals surface area contributed by atoms with Gasteiger partial charge < -0.3 is 0 Å². The summed E-state index contributed by atoms with van der Waals surface area (Å²) in [6, 6.07) is 35.6. The summed E-state index contributed by atoms with van der Waals surface area (Å²) in [6.07, 6.45) is 0. The van der Waals surface area contributed by atoms with Crippen LogP contribution in [0.4, 0.5) is 0 Å². The number of hydrogen-bond acceptors (Lipinski definition) is 3. The monoisotopic (exact) mass is 416 g/mol. The smallest absolute Gasteiger partial charge is 0.124 e. The molecule has 0 radical (unpaired) electrons. The highest BCUT2D eigenvalue weighted by Gasteiger charge is 2.26. The van der Waals surface area contributed by atoms with E-state index in [-0.39, 0.29) is 0 Å². The summed E-state index contributed by atoms with van der Waals surface area (Å²) in [5, 5.41) is 0. The fraction of sp³-hybridized carbons (Fsp3) is 0.0400. The van der Waals surface area contributed by atoms with Gasteiger partial charge >= 0.3 is 0 Å². The first-order valence-electron chi connectivity index (χ1n) is 9.06. The molecule has 0 unspecified atom stereocenters. The van der Waals surface area contributed by atoms with Gasteiger partial charge in [0.15, 0.2) is 0 Å². The minimum Gasteiger partial charge on any atom is -0.147 e. The number of benzene rings is 4. The quantitative estimate of drug-likeness (QED) is 0.221. The van der Waals surface area contributed by atoms with Crippen LogP contribution in [0.5, 0.6) is 0 Å². The molecule has 0 bridgehead atoms. The Labute approximate surface area is 182 Å². The van der Waals surface area contributed by atoms with Crippen LogP contribution in [-0.4, -0.2) is 0 Å². The van der Waals surface area contributed by atoms with E-state index in [1.165, 1.54) is 11.1 Å². The Morgan fingerprint density at radius 3 is 1.32 bits per heavy atom. The lowest BCUT2D eigenvalue weighted by molar-refractivity contribution is 1.33. The average Bonchev–Trinajstić information content (AvgIpc) is 2.74. The third-order valence-corrected chi connectivity index (χ3v) is 5.50. The highest BCUT2D eigenvalue weighted by molar-refractivity contribution is 8.15. The Balaban J connectivity index is 2.14. The topological polar surface area (TPSA) is 0 Å². The Kier molecular flexibility index (Phi) is 5.58. The third-order valence-electron chi connectivity index (χ3n) is 4.78.